The minimum atomic E-state index is -3.23. The summed E-state index contributed by atoms with van der Waals surface area (Å²) >= 11 is 0. The predicted molar refractivity (Wildman–Crippen MR) is 163 cm³/mol. The lowest BCUT2D eigenvalue weighted by molar-refractivity contribution is 0.376. The van der Waals surface area contributed by atoms with Crippen LogP contribution in [0.3, 0.4) is 0 Å². The van der Waals surface area contributed by atoms with Crippen molar-refractivity contribution in [3.8, 4) is 11.5 Å². The van der Waals surface area contributed by atoms with Crippen LogP contribution in [0.4, 0.5) is 0 Å². The quantitative estimate of drug-likeness (QED) is 0.335. The minimum absolute atomic E-state index is 0.597. The third kappa shape index (κ3) is 9.28. The molecular formula is C28H48O5Si4. The van der Waals surface area contributed by atoms with Crippen LogP contribution in [0.15, 0.2) is 48.5 Å². The van der Waals surface area contributed by atoms with Gasteiger partial charge in [0.15, 0.2) is 16.6 Å². The number of hydrogen-bond donors (Lipinski definition) is 3. The Morgan fingerprint density at radius 3 is 1.68 bits per heavy atom. The Kier molecular flexibility index (Phi) is 10.6. The summed E-state index contributed by atoms with van der Waals surface area (Å²) in [5, 5.41) is 0. The van der Waals surface area contributed by atoms with Gasteiger partial charge in [0.2, 0.25) is 7.83 Å². The zero-order chi connectivity index (χ0) is 27.2. The van der Waals surface area contributed by atoms with E-state index in [2.05, 4.69) is 37.7 Å². The van der Waals surface area contributed by atoms with Gasteiger partial charge in [-0.2, -0.15) is 0 Å². The maximum atomic E-state index is 11.6. The first kappa shape index (κ1) is 30.5. The van der Waals surface area contributed by atoms with Crippen LogP contribution in [-0.2, 0) is 17.0 Å². The van der Waals surface area contributed by atoms with E-state index in [0.29, 0.717) is 6.04 Å². The molecule has 5 nitrogen and oxygen atoms in total. The van der Waals surface area contributed by atoms with Gasteiger partial charge < -0.3 is 23.2 Å². The van der Waals surface area contributed by atoms with Crippen molar-refractivity contribution < 1.29 is 23.2 Å². The third-order valence-electron chi connectivity index (χ3n) is 8.04. The maximum absolute atomic E-state index is 11.6. The summed E-state index contributed by atoms with van der Waals surface area (Å²) in [5.41, 5.74) is 2.52. The lowest BCUT2D eigenvalue weighted by Crippen LogP contribution is -2.66. The van der Waals surface area contributed by atoms with Gasteiger partial charge in [-0.15, -0.1) is 0 Å². The van der Waals surface area contributed by atoms with Crippen LogP contribution in [0.2, 0.25) is 56.4 Å². The van der Waals surface area contributed by atoms with Crippen LogP contribution >= 0.6 is 0 Å². The third-order valence-corrected chi connectivity index (χ3v) is 28.4. The Labute approximate surface area is 228 Å². The fraction of sp³-hybridized carbons (Fsp3) is 0.571. The van der Waals surface area contributed by atoms with Crippen LogP contribution in [0.1, 0.15) is 43.7 Å². The van der Waals surface area contributed by atoms with Crippen LogP contribution in [0.5, 0.6) is 11.5 Å². The molecule has 2 aromatic carbocycles. The number of ether oxygens (including phenoxy) is 1. The van der Waals surface area contributed by atoms with Crippen LogP contribution in [0.25, 0.3) is 0 Å². The Morgan fingerprint density at radius 1 is 0.676 bits per heavy atom. The highest BCUT2D eigenvalue weighted by molar-refractivity contribution is 7.34. The highest BCUT2D eigenvalue weighted by Crippen LogP contribution is 2.32. The summed E-state index contributed by atoms with van der Waals surface area (Å²) in [6.45, 7) is 10.1. The molecule has 206 valence electrons. The first-order valence-electron chi connectivity index (χ1n) is 14.1. The summed E-state index contributed by atoms with van der Waals surface area (Å²) in [5.74, 6) is 1.67. The molecule has 3 heterocycles. The number of hydrogen-bond acceptors (Lipinski definition) is 5. The number of fused-ring (bicyclic) bond motifs is 2. The van der Waals surface area contributed by atoms with Gasteiger partial charge in [-0.3, -0.25) is 0 Å². The Bertz CT molecular complexity index is 979. The van der Waals surface area contributed by atoms with Gasteiger partial charge in [0.05, 0.1) is 0 Å². The molecule has 9 heteroatoms. The molecule has 0 fully saturated rings. The molecule has 0 saturated heterocycles. The average Bonchev–Trinajstić information content (AvgIpc) is 2.80. The zero-order valence-corrected chi connectivity index (χ0v) is 27.6. The number of benzene rings is 2. The fourth-order valence-electron chi connectivity index (χ4n) is 5.44. The molecule has 3 aliphatic rings. The number of rotatable bonds is 2. The van der Waals surface area contributed by atoms with Gasteiger partial charge in [0.1, 0.15) is 11.5 Å². The Morgan fingerprint density at radius 2 is 1.16 bits per heavy atom. The monoisotopic (exact) mass is 576 g/mol. The SMILES string of the molecule is CCC[Si]1(C)CCCc2ccc(cc2)Oc2ccc(cc2)CCC[Si](C)(O)CCC[Si](C)(O)[Si](C)(O)O1. The van der Waals surface area contributed by atoms with Gasteiger partial charge in [-0.1, -0.05) is 44.0 Å². The summed E-state index contributed by atoms with van der Waals surface area (Å²) < 4.78 is 12.7. The van der Waals surface area contributed by atoms with E-state index in [0.717, 1.165) is 74.2 Å². The van der Waals surface area contributed by atoms with Gasteiger partial charge >= 0.3 is 8.08 Å². The van der Waals surface area contributed by atoms with E-state index < -0.39 is 32.5 Å². The average molecular weight is 577 g/mol. The smallest absolute Gasteiger partial charge is 0.333 e. The summed E-state index contributed by atoms with van der Waals surface area (Å²) in [6, 6.07) is 20.8. The van der Waals surface area contributed by atoms with Crippen molar-refractivity contribution in [3.63, 3.8) is 0 Å². The maximum Gasteiger partial charge on any atom is 0.333 e. The van der Waals surface area contributed by atoms with Gasteiger partial charge in [-0.25, -0.2) is 0 Å². The van der Waals surface area contributed by atoms with Crippen molar-refractivity contribution in [3.05, 3.63) is 59.7 Å². The van der Waals surface area contributed by atoms with E-state index >= 15 is 0 Å². The molecule has 0 aromatic heterocycles. The summed E-state index contributed by atoms with van der Waals surface area (Å²) in [4.78, 5) is 34.2. The van der Waals surface area contributed by atoms with Gasteiger partial charge in [0, 0.05) is 0 Å². The van der Waals surface area contributed by atoms with E-state index in [1.54, 1.807) is 0 Å². The van der Waals surface area contributed by atoms with E-state index in [1.807, 2.05) is 43.9 Å². The molecular weight excluding hydrogens is 529 g/mol. The molecule has 5 rings (SSSR count). The van der Waals surface area contributed by atoms with E-state index in [4.69, 9.17) is 8.85 Å². The van der Waals surface area contributed by atoms with E-state index in [-0.39, 0.29) is 0 Å². The van der Waals surface area contributed by atoms with Crippen molar-refractivity contribution in [2.75, 3.05) is 0 Å². The van der Waals surface area contributed by atoms with Gasteiger partial charge in [0.25, 0.3) is 0 Å². The molecule has 0 saturated carbocycles. The van der Waals surface area contributed by atoms with Crippen molar-refractivity contribution in [2.24, 2.45) is 0 Å². The zero-order valence-electron chi connectivity index (χ0n) is 23.6. The van der Waals surface area contributed by atoms with Crippen molar-refractivity contribution >= 4 is 32.5 Å². The molecule has 3 N–H and O–H groups in total. The molecule has 3 aliphatic heterocycles. The molecule has 0 spiro atoms. The van der Waals surface area contributed by atoms with Crippen molar-refractivity contribution in [1.82, 2.24) is 0 Å². The molecule has 4 bridgehead atoms. The standard InChI is InChI=1S/C28H48O5Si4/c1-6-20-35(3)23-8-11-26-14-18-28(19-15-26)32-27-16-12-25(13-17-27)10-7-21-34(2,29)22-9-24-36(4,30)37(5,31)33-35/h12-19,29-31H,6-11,20-24H2,1-5H3. The second-order valence-electron chi connectivity index (χ2n) is 12.0. The largest absolute Gasteiger partial charge is 0.457 e. The Hall–Kier alpha value is -1.05. The second kappa shape index (κ2) is 12.9. The molecule has 0 aliphatic carbocycles. The van der Waals surface area contributed by atoms with Crippen LogP contribution in [0, 0.1) is 0 Å². The molecule has 4 atom stereocenters. The normalized spacial score (nSPS) is 32.6. The van der Waals surface area contributed by atoms with Gasteiger partial charge in [-0.05, 0) is 117 Å². The topological polar surface area (TPSA) is 79.2 Å². The second-order valence-corrected chi connectivity index (χ2v) is 31.7. The molecule has 2 aromatic rings. The highest BCUT2D eigenvalue weighted by Gasteiger charge is 2.53. The lowest BCUT2D eigenvalue weighted by Gasteiger charge is -2.41. The molecule has 0 amide bonds. The van der Waals surface area contributed by atoms with Crippen molar-refractivity contribution in [2.45, 2.75) is 102 Å². The Balaban J connectivity index is 1.80. The first-order chi connectivity index (χ1) is 17.3. The summed E-state index contributed by atoms with van der Waals surface area (Å²) in [7, 11) is -10.7. The molecule has 0 radical (unpaired) electrons. The lowest BCUT2D eigenvalue weighted by atomic mass is 10.1. The highest BCUT2D eigenvalue weighted by atomic mass is 29.3. The fourth-order valence-corrected chi connectivity index (χ4v) is 23.1. The van der Waals surface area contributed by atoms with Crippen LogP contribution in [-0.4, -0.2) is 46.9 Å². The molecule has 4 unspecified atom stereocenters. The van der Waals surface area contributed by atoms with Crippen LogP contribution < -0.4 is 4.74 Å². The minimum Gasteiger partial charge on any atom is -0.457 e. The number of aryl methyl sites for hydroxylation is 2. The predicted octanol–water partition coefficient (Wildman–Crippen LogP) is 7.03. The first-order valence-corrected chi connectivity index (χ1v) is 25.8. The van der Waals surface area contributed by atoms with E-state index in [9.17, 15) is 14.4 Å². The summed E-state index contributed by atoms with van der Waals surface area (Å²) in [6.07, 6.45) is 5.64. The van der Waals surface area contributed by atoms with E-state index in [1.165, 1.54) is 11.1 Å². The van der Waals surface area contributed by atoms with Crippen molar-refractivity contribution in [1.29, 1.82) is 0 Å². The molecule has 37 heavy (non-hydrogen) atoms.